The number of alkyl halides is 1. The third-order valence-electron chi connectivity index (χ3n) is 12.4. The Hall–Kier alpha value is -2.15. The summed E-state index contributed by atoms with van der Waals surface area (Å²) in [6.07, 6.45) is -8.43. The predicted molar refractivity (Wildman–Crippen MR) is 171 cm³/mol. The van der Waals surface area contributed by atoms with Gasteiger partial charge in [-0.15, -0.1) is 0 Å². The van der Waals surface area contributed by atoms with Crippen molar-refractivity contribution >= 4 is 20.3 Å². The number of esters is 2. The van der Waals surface area contributed by atoms with E-state index in [4.69, 9.17) is 18.6 Å². The fourth-order valence-electron chi connectivity index (χ4n) is 9.26. The highest BCUT2D eigenvalue weighted by Crippen LogP contribution is 2.65. The number of carbonyl (C=O) groups is 2. The Morgan fingerprint density at radius 1 is 1.07 bits per heavy atom. The van der Waals surface area contributed by atoms with Crippen LogP contribution in [0.2, 0.25) is 18.1 Å². The van der Waals surface area contributed by atoms with Crippen LogP contribution in [0.25, 0.3) is 0 Å². The molecule has 0 amide bonds. The van der Waals surface area contributed by atoms with Gasteiger partial charge in [-0.25, -0.2) is 9.18 Å². The number of rotatable bonds is 8. The van der Waals surface area contributed by atoms with Crippen LogP contribution in [0, 0.1) is 16.7 Å². The molecule has 5 rings (SSSR count). The molecule has 1 heterocycles. The van der Waals surface area contributed by atoms with Gasteiger partial charge < -0.3 is 34.0 Å². The summed E-state index contributed by atoms with van der Waals surface area (Å²) >= 11 is 0. The molecular weight excluding hydrogens is 611 g/mol. The standard InChI is InChI=1S/C35H51FO9Si/c1-9-46(10-2,11-3)45-23-18-35(41)30(43-31(40)22-15-13-12-14-16-22)28-33(8,29(39)27(38)26(20(23)4)32(35,6)7)24(36)17-25-34(28,19-42-25)44-21(5)37/h12-16,23-25,27-30,38-39,41H,9-11,17-19H2,1-8H3/t23-,24+,25+,27+,28-,29+,30-,33+,34-,35+/m0/s1. The molecule has 4 aliphatic rings. The first-order valence-electron chi connectivity index (χ1n) is 16.7. The number of benzene rings is 1. The first kappa shape index (κ1) is 35.2. The van der Waals surface area contributed by atoms with Crippen LogP contribution in [0.1, 0.15) is 78.6 Å². The number of carbonyl (C=O) groups excluding carboxylic acids is 2. The Kier molecular flexibility index (Phi) is 9.23. The average molecular weight is 663 g/mol. The van der Waals surface area contributed by atoms with E-state index in [-0.39, 0.29) is 25.0 Å². The molecule has 256 valence electrons. The topological polar surface area (TPSA) is 132 Å². The fraction of sp³-hybridized carbons (Fsp3) is 0.714. The van der Waals surface area contributed by atoms with E-state index in [1.165, 1.54) is 13.8 Å². The molecule has 3 N–H and O–H groups in total. The van der Waals surface area contributed by atoms with Crippen molar-refractivity contribution in [3.05, 3.63) is 47.0 Å². The Bertz CT molecular complexity index is 1360. The zero-order valence-electron chi connectivity index (χ0n) is 28.3. The summed E-state index contributed by atoms with van der Waals surface area (Å²) in [6, 6.07) is 10.8. The van der Waals surface area contributed by atoms with Crippen molar-refractivity contribution in [2.45, 2.75) is 134 Å². The minimum Gasteiger partial charge on any atom is -0.455 e. The van der Waals surface area contributed by atoms with E-state index in [2.05, 4.69) is 20.8 Å². The quantitative estimate of drug-likeness (QED) is 0.203. The minimum atomic E-state index is -2.31. The highest BCUT2D eigenvalue weighted by atomic mass is 28.4. The maximum absolute atomic E-state index is 16.7. The normalized spacial score (nSPS) is 40.0. The van der Waals surface area contributed by atoms with Gasteiger partial charge in [0.15, 0.2) is 13.9 Å². The van der Waals surface area contributed by atoms with Crippen molar-refractivity contribution in [1.82, 2.24) is 0 Å². The van der Waals surface area contributed by atoms with Crippen LogP contribution in [0.3, 0.4) is 0 Å². The lowest BCUT2D eigenvalue weighted by molar-refractivity contribution is -0.359. The highest BCUT2D eigenvalue weighted by molar-refractivity contribution is 6.73. The lowest BCUT2D eigenvalue weighted by atomic mass is 9.44. The summed E-state index contributed by atoms with van der Waals surface area (Å²) in [5.41, 5.74) is -5.43. The molecule has 3 fully saturated rings. The molecule has 2 bridgehead atoms. The summed E-state index contributed by atoms with van der Waals surface area (Å²) in [6.45, 7) is 14.2. The van der Waals surface area contributed by atoms with E-state index in [0.29, 0.717) is 11.1 Å². The molecule has 1 saturated heterocycles. The SMILES string of the molecule is CC[Si](CC)(CC)O[C@H]1C[C@@]2(O)[C@@H](OC(=O)c3ccccc3)[C@@H]3[C@]4(OC(C)=O)CO[C@@H]4C[C@@H](F)[C@@]3(C)[C@H](O)[C@H](O)C(=C1C)C2(C)C. The van der Waals surface area contributed by atoms with Crippen LogP contribution in [0.15, 0.2) is 41.5 Å². The zero-order chi connectivity index (χ0) is 34.0. The number of ether oxygens (including phenoxy) is 3. The molecule has 0 unspecified atom stereocenters. The fourth-order valence-corrected chi connectivity index (χ4v) is 12.1. The van der Waals surface area contributed by atoms with Gasteiger partial charge in [0, 0.05) is 30.6 Å². The van der Waals surface area contributed by atoms with Gasteiger partial charge in [0.05, 0.1) is 30.3 Å². The van der Waals surface area contributed by atoms with Crippen molar-refractivity contribution in [3.63, 3.8) is 0 Å². The van der Waals surface area contributed by atoms with Gasteiger partial charge >= 0.3 is 11.9 Å². The van der Waals surface area contributed by atoms with E-state index in [0.717, 1.165) is 18.1 Å². The second-order valence-electron chi connectivity index (χ2n) is 14.7. The molecular formula is C35H51FO9Si. The van der Waals surface area contributed by atoms with Gasteiger partial charge in [-0.2, -0.15) is 0 Å². The molecule has 0 radical (unpaired) electrons. The molecule has 46 heavy (non-hydrogen) atoms. The van der Waals surface area contributed by atoms with Gasteiger partial charge in [0.25, 0.3) is 0 Å². The number of fused-ring (bicyclic) bond motifs is 5. The third-order valence-corrected chi connectivity index (χ3v) is 17.1. The number of hydrogen-bond acceptors (Lipinski definition) is 9. The van der Waals surface area contributed by atoms with Crippen LogP contribution in [-0.4, -0.2) is 90.1 Å². The first-order valence-corrected chi connectivity index (χ1v) is 19.2. The second kappa shape index (κ2) is 12.1. The molecule has 10 atom stereocenters. The van der Waals surface area contributed by atoms with Gasteiger partial charge in [-0.05, 0) is 48.3 Å². The number of halogens is 1. The lowest BCUT2D eigenvalue weighted by Crippen LogP contribution is -2.82. The summed E-state index contributed by atoms with van der Waals surface area (Å²) in [4.78, 5) is 26.7. The van der Waals surface area contributed by atoms with Crippen molar-refractivity contribution in [1.29, 1.82) is 0 Å². The summed E-state index contributed by atoms with van der Waals surface area (Å²) < 4.78 is 41.9. The van der Waals surface area contributed by atoms with Gasteiger partial charge in [0.2, 0.25) is 0 Å². The maximum Gasteiger partial charge on any atom is 0.338 e. The smallest absolute Gasteiger partial charge is 0.338 e. The van der Waals surface area contributed by atoms with E-state index in [1.54, 1.807) is 44.2 Å². The Labute approximate surface area is 272 Å². The third kappa shape index (κ3) is 4.94. The van der Waals surface area contributed by atoms with E-state index in [1.807, 2.05) is 6.92 Å². The number of hydrogen-bond donors (Lipinski definition) is 3. The van der Waals surface area contributed by atoms with Crippen molar-refractivity contribution in [2.75, 3.05) is 6.61 Å². The van der Waals surface area contributed by atoms with Gasteiger partial charge in [0.1, 0.15) is 30.1 Å². The molecule has 1 aliphatic heterocycles. The summed E-state index contributed by atoms with van der Waals surface area (Å²) in [5.74, 6) is -2.72. The summed E-state index contributed by atoms with van der Waals surface area (Å²) in [5, 5.41) is 37.7. The van der Waals surface area contributed by atoms with Crippen LogP contribution in [-0.2, 0) is 23.4 Å². The Morgan fingerprint density at radius 2 is 1.67 bits per heavy atom. The molecule has 1 aromatic rings. The Balaban J connectivity index is 1.81. The van der Waals surface area contributed by atoms with Gasteiger partial charge in [-0.1, -0.05) is 59.7 Å². The molecule has 3 aliphatic carbocycles. The molecule has 1 aromatic carbocycles. The van der Waals surface area contributed by atoms with Crippen LogP contribution < -0.4 is 0 Å². The molecule has 9 nitrogen and oxygen atoms in total. The maximum atomic E-state index is 16.7. The Morgan fingerprint density at radius 3 is 2.20 bits per heavy atom. The molecule has 2 saturated carbocycles. The van der Waals surface area contributed by atoms with Crippen molar-refractivity contribution in [2.24, 2.45) is 16.7 Å². The van der Waals surface area contributed by atoms with Crippen molar-refractivity contribution < 1.29 is 47.9 Å². The lowest BCUT2D eigenvalue weighted by Gasteiger charge is -2.68. The zero-order valence-corrected chi connectivity index (χ0v) is 29.3. The first-order chi connectivity index (χ1) is 21.5. The molecule has 11 heteroatoms. The largest absolute Gasteiger partial charge is 0.455 e. The second-order valence-corrected chi connectivity index (χ2v) is 19.4. The predicted octanol–water partition coefficient (Wildman–Crippen LogP) is 4.88. The highest BCUT2D eigenvalue weighted by Gasteiger charge is 2.78. The van der Waals surface area contributed by atoms with Crippen LogP contribution in [0.5, 0.6) is 0 Å². The van der Waals surface area contributed by atoms with E-state index >= 15 is 4.39 Å². The molecule has 0 spiro atoms. The van der Waals surface area contributed by atoms with Crippen LogP contribution in [0.4, 0.5) is 4.39 Å². The van der Waals surface area contributed by atoms with Crippen molar-refractivity contribution in [3.8, 4) is 0 Å². The van der Waals surface area contributed by atoms with E-state index in [9.17, 15) is 24.9 Å². The van der Waals surface area contributed by atoms with Crippen LogP contribution >= 0.6 is 0 Å². The van der Waals surface area contributed by atoms with E-state index < -0.39 is 84.9 Å². The molecule has 0 aromatic heterocycles. The van der Waals surface area contributed by atoms with Gasteiger partial charge in [-0.3, -0.25) is 4.79 Å². The minimum absolute atomic E-state index is 0.0230. The summed E-state index contributed by atoms with van der Waals surface area (Å²) in [7, 11) is -2.31. The monoisotopic (exact) mass is 662 g/mol. The average Bonchev–Trinajstić information content (AvgIpc) is 3.01. The number of aliphatic hydroxyl groups is 3. The number of aliphatic hydroxyl groups excluding tert-OH is 2.